The number of ether oxygens (including phenoxy) is 1. The summed E-state index contributed by atoms with van der Waals surface area (Å²) in [5, 5.41) is 11.0. The normalized spacial score (nSPS) is 35.7. The van der Waals surface area contributed by atoms with E-state index in [1.165, 1.54) is 12.8 Å². The number of benzene rings is 1. The van der Waals surface area contributed by atoms with Crippen molar-refractivity contribution in [2.75, 3.05) is 14.2 Å². The molecule has 2 bridgehead atoms. The summed E-state index contributed by atoms with van der Waals surface area (Å²) in [5.74, 6) is 0.809. The molecule has 0 aliphatic carbocycles. The molecule has 3 nitrogen and oxygen atoms in total. The van der Waals surface area contributed by atoms with Crippen molar-refractivity contribution >= 4 is 0 Å². The molecule has 18 heavy (non-hydrogen) atoms. The molecule has 1 aromatic carbocycles. The van der Waals surface area contributed by atoms with Crippen molar-refractivity contribution in [3.05, 3.63) is 29.8 Å². The maximum absolute atomic E-state index is 11.0. The molecule has 2 aliphatic rings. The second kappa shape index (κ2) is 4.25. The molecule has 98 valence electrons. The van der Waals surface area contributed by atoms with Gasteiger partial charge in [0.1, 0.15) is 5.75 Å². The molecule has 2 heterocycles. The molecule has 2 fully saturated rings. The fourth-order valence-corrected chi connectivity index (χ4v) is 3.69. The van der Waals surface area contributed by atoms with Crippen LogP contribution in [0.2, 0.25) is 0 Å². The van der Waals surface area contributed by atoms with Crippen LogP contribution in [-0.2, 0) is 5.60 Å². The highest BCUT2D eigenvalue weighted by molar-refractivity contribution is 5.39. The van der Waals surface area contributed by atoms with Gasteiger partial charge in [-0.2, -0.15) is 0 Å². The van der Waals surface area contributed by atoms with Crippen molar-refractivity contribution in [3.8, 4) is 5.75 Å². The number of aliphatic hydroxyl groups is 1. The molecule has 1 aromatic rings. The van der Waals surface area contributed by atoms with Crippen molar-refractivity contribution in [2.45, 2.75) is 43.4 Å². The van der Waals surface area contributed by atoms with Crippen LogP contribution in [0.3, 0.4) is 0 Å². The van der Waals surface area contributed by atoms with Gasteiger partial charge in [-0.25, -0.2) is 0 Å². The molecule has 2 aliphatic heterocycles. The lowest BCUT2D eigenvalue weighted by molar-refractivity contribution is -0.0506. The molecular weight excluding hydrogens is 226 g/mol. The van der Waals surface area contributed by atoms with Gasteiger partial charge in [0.15, 0.2) is 0 Å². The highest BCUT2D eigenvalue weighted by atomic mass is 16.5. The van der Waals surface area contributed by atoms with Crippen molar-refractivity contribution in [1.82, 2.24) is 4.90 Å². The number of piperidine rings is 1. The molecule has 0 saturated carbocycles. The summed E-state index contributed by atoms with van der Waals surface area (Å²) >= 11 is 0. The molecule has 0 amide bonds. The molecule has 0 aromatic heterocycles. The second-order valence-corrected chi connectivity index (χ2v) is 5.69. The van der Waals surface area contributed by atoms with Gasteiger partial charge in [-0.3, -0.25) is 0 Å². The lowest BCUT2D eigenvalue weighted by Gasteiger charge is -2.42. The summed E-state index contributed by atoms with van der Waals surface area (Å²) in [6.45, 7) is 0. The van der Waals surface area contributed by atoms with Crippen molar-refractivity contribution < 1.29 is 9.84 Å². The number of hydrogen-bond acceptors (Lipinski definition) is 3. The van der Waals surface area contributed by atoms with E-state index in [9.17, 15) is 5.11 Å². The minimum absolute atomic E-state index is 0.513. The van der Waals surface area contributed by atoms with Crippen LogP contribution in [0.25, 0.3) is 0 Å². The maximum atomic E-state index is 11.0. The van der Waals surface area contributed by atoms with Crippen LogP contribution in [0.4, 0.5) is 0 Å². The Morgan fingerprint density at radius 2 is 1.83 bits per heavy atom. The van der Waals surface area contributed by atoms with E-state index in [-0.39, 0.29) is 0 Å². The summed E-state index contributed by atoms with van der Waals surface area (Å²) < 4.78 is 5.41. The summed E-state index contributed by atoms with van der Waals surface area (Å²) in [7, 11) is 3.86. The fourth-order valence-electron chi connectivity index (χ4n) is 3.69. The van der Waals surface area contributed by atoms with Gasteiger partial charge in [-0.15, -0.1) is 0 Å². The number of methoxy groups -OCH3 is 1. The predicted molar refractivity (Wildman–Crippen MR) is 70.7 cm³/mol. The molecule has 2 saturated heterocycles. The van der Waals surface area contributed by atoms with Gasteiger partial charge in [-0.05, 0) is 38.8 Å². The fraction of sp³-hybridized carbons (Fsp3) is 0.600. The number of fused-ring (bicyclic) bond motifs is 2. The van der Waals surface area contributed by atoms with E-state index in [4.69, 9.17) is 4.74 Å². The van der Waals surface area contributed by atoms with E-state index >= 15 is 0 Å². The minimum atomic E-state index is -0.717. The van der Waals surface area contributed by atoms with Gasteiger partial charge < -0.3 is 14.7 Å². The van der Waals surface area contributed by atoms with Crippen LogP contribution in [0.15, 0.2) is 24.3 Å². The van der Waals surface area contributed by atoms with E-state index in [2.05, 4.69) is 11.9 Å². The Bertz CT molecular complexity index is 432. The Hall–Kier alpha value is -1.06. The molecule has 0 radical (unpaired) electrons. The molecule has 2 atom stereocenters. The van der Waals surface area contributed by atoms with E-state index in [1.807, 2.05) is 24.3 Å². The highest BCUT2D eigenvalue weighted by Crippen LogP contribution is 2.46. The van der Waals surface area contributed by atoms with Gasteiger partial charge in [-0.1, -0.05) is 18.2 Å². The molecular formula is C15H21NO2. The third kappa shape index (κ3) is 1.73. The van der Waals surface area contributed by atoms with Crippen LogP contribution < -0.4 is 4.74 Å². The molecule has 2 unspecified atom stereocenters. The Morgan fingerprint density at radius 1 is 1.22 bits per heavy atom. The number of nitrogens with zero attached hydrogens (tertiary/aromatic N) is 1. The summed E-state index contributed by atoms with van der Waals surface area (Å²) in [6.07, 6.45) is 4.05. The van der Waals surface area contributed by atoms with E-state index in [0.29, 0.717) is 12.1 Å². The number of para-hydroxylation sites is 1. The van der Waals surface area contributed by atoms with E-state index in [0.717, 1.165) is 24.2 Å². The predicted octanol–water partition coefficient (Wildman–Crippen LogP) is 2.14. The zero-order valence-electron chi connectivity index (χ0n) is 11.1. The lowest BCUT2D eigenvalue weighted by Crippen LogP contribution is -2.47. The minimum Gasteiger partial charge on any atom is -0.496 e. The standard InChI is InChI=1S/C15H21NO2/c1-16-11-7-8-12(16)10-15(17,9-11)13-5-3-4-6-14(13)18-2/h3-6,11-12,17H,7-10H2,1-2H3. The monoisotopic (exact) mass is 247 g/mol. The van der Waals surface area contributed by atoms with Crippen LogP contribution in [0, 0.1) is 0 Å². The largest absolute Gasteiger partial charge is 0.496 e. The average molecular weight is 247 g/mol. The van der Waals surface area contributed by atoms with Crippen LogP contribution in [-0.4, -0.2) is 36.2 Å². The first-order chi connectivity index (χ1) is 8.64. The summed E-state index contributed by atoms with van der Waals surface area (Å²) in [4.78, 5) is 2.43. The van der Waals surface area contributed by atoms with Crippen LogP contribution >= 0.6 is 0 Å². The van der Waals surface area contributed by atoms with Crippen molar-refractivity contribution in [1.29, 1.82) is 0 Å². The first-order valence-electron chi connectivity index (χ1n) is 6.72. The topological polar surface area (TPSA) is 32.7 Å². The quantitative estimate of drug-likeness (QED) is 0.869. The Morgan fingerprint density at radius 3 is 2.44 bits per heavy atom. The van der Waals surface area contributed by atoms with Crippen LogP contribution in [0.5, 0.6) is 5.75 Å². The molecule has 0 spiro atoms. The summed E-state index contributed by atoms with van der Waals surface area (Å²) in [6, 6.07) is 8.90. The zero-order chi connectivity index (χ0) is 12.8. The Labute approximate surface area is 108 Å². The smallest absolute Gasteiger partial charge is 0.124 e. The van der Waals surface area contributed by atoms with Gasteiger partial charge in [0.05, 0.1) is 12.7 Å². The first kappa shape index (κ1) is 12.0. The maximum Gasteiger partial charge on any atom is 0.124 e. The third-order valence-corrected chi connectivity index (χ3v) is 4.74. The van der Waals surface area contributed by atoms with Gasteiger partial charge in [0.25, 0.3) is 0 Å². The number of hydrogen-bond donors (Lipinski definition) is 1. The molecule has 3 heteroatoms. The average Bonchev–Trinajstić information content (AvgIpc) is 2.63. The Balaban J connectivity index is 1.96. The first-order valence-corrected chi connectivity index (χ1v) is 6.72. The van der Waals surface area contributed by atoms with Crippen molar-refractivity contribution in [2.24, 2.45) is 0 Å². The van der Waals surface area contributed by atoms with Crippen molar-refractivity contribution in [3.63, 3.8) is 0 Å². The van der Waals surface area contributed by atoms with Crippen LogP contribution in [0.1, 0.15) is 31.2 Å². The van der Waals surface area contributed by atoms with E-state index in [1.54, 1.807) is 7.11 Å². The van der Waals surface area contributed by atoms with Gasteiger partial charge in [0.2, 0.25) is 0 Å². The number of rotatable bonds is 2. The SMILES string of the molecule is COc1ccccc1C1(O)CC2CCC(C1)N2C. The zero-order valence-corrected chi connectivity index (χ0v) is 11.1. The Kier molecular flexibility index (Phi) is 2.83. The second-order valence-electron chi connectivity index (χ2n) is 5.69. The summed E-state index contributed by atoms with van der Waals surface area (Å²) in [5.41, 5.74) is 0.239. The lowest BCUT2D eigenvalue weighted by atomic mass is 9.80. The van der Waals surface area contributed by atoms with E-state index < -0.39 is 5.60 Å². The molecule has 3 rings (SSSR count). The van der Waals surface area contributed by atoms with Gasteiger partial charge >= 0.3 is 0 Å². The highest BCUT2D eigenvalue weighted by Gasteiger charge is 2.47. The third-order valence-electron chi connectivity index (χ3n) is 4.74. The molecule has 1 N–H and O–H groups in total. The van der Waals surface area contributed by atoms with Gasteiger partial charge in [0, 0.05) is 17.6 Å².